The van der Waals surface area contributed by atoms with E-state index in [1.165, 1.54) is 0 Å². The van der Waals surface area contributed by atoms with Crippen LogP contribution < -0.4 is 15.4 Å². The van der Waals surface area contributed by atoms with E-state index in [-0.39, 0.29) is 0 Å². The smallest absolute Gasteiger partial charge is 0.176 e. The van der Waals surface area contributed by atoms with Crippen LogP contribution in [-0.2, 0) is 0 Å². The lowest BCUT2D eigenvalue weighted by Crippen LogP contribution is -2.20. The summed E-state index contributed by atoms with van der Waals surface area (Å²) in [6, 6.07) is 5.83. The first kappa shape index (κ1) is 13.2. The summed E-state index contributed by atoms with van der Waals surface area (Å²) in [4.78, 5) is 8.04. The number of ether oxygens (including phenoxy) is 1. The molecule has 0 unspecified atom stereocenters. The van der Waals surface area contributed by atoms with Gasteiger partial charge >= 0.3 is 0 Å². The molecule has 0 aliphatic carbocycles. The molecule has 0 atom stereocenters. The number of benzene rings is 1. The van der Waals surface area contributed by atoms with Crippen LogP contribution in [0.5, 0.6) is 5.75 Å². The second-order valence-electron chi connectivity index (χ2n) is 3.87. The molecule has 0 saturated carbocycles. The molecule has 2 rings (SSSR count). The van der Waals surface area contributed by atoms with Gasteiger partial charge in [0.1, 0.15) is 5.75 Å². The highest BCUT2D eigenvalue weighted by molar-refractivity contribution is 7.80. The number of hydrogen-bond acceptors (Lipinski definition) is 4. The van der Waals surface area contributed by atoms with Gasteiger partial charge in [-0.2, -0.15) is 0 Å². The molecule has 0 bridgehead atoms. The topological polar surface area (TPSA) is 59.1 Å². The molecule has 1 aromatic heterocycles. The molecule has 0 fully saturated rings. The van der Waals surface area contributed by atoms with Crippen molar-refractivity contribution in [1.29, 1.82) is 0 Å². The minimum atomic E-state index is 0.435. The fourth-order valence-electron chi connectivity index (χ4n) is 1.55. The minimum Gasteiger partial charge on any atom is -0.495 e. The van der Waals surface area contributed by atoms with Gasteiger partial charge in [-0.3, -0.25) is 4.98 Å². The molecule has 0 aliphatic heterocycles. The van der Waals surface area contributed by atoms with E-state index >= 15 is 0 Å². The summed E-state index contributed by atoms with van der Waals surface area (Å²) < 4.78 is 5.27. The summed E-state index contributed by atoms with van der Waals surface area (Å²) in [6.45, 7) is 2.00. The van der Waals surface area contributed by atoms with Gasteiger partial charge < -0.3 is 15.4 Å². The monoisotopic (exact) mass is 274 g/mol. The zero-order chi connectivity index (χ0) is 13.7. The first-order valence-corrected chi connectivity index (χ1v) is 6.08. The fraction of sp³-hybridized carbons (Fsp3) is 0.154. The van der Waals surface area contributed by atoms with Gasteiger partial charge in [-0.05, 0) is 36.8 Å². The fourth-order valence-corrected chi connectivity index (χ4v) is 1.77. The van der Waals surface area contributed by atoms with Crippen molar-refractivity contribution in [2.24, 2.45) is 0 Å². The highest BCUT2D eigenvalue weighted by atomic mass is 32.1. The largest absolute Gasteiger partial charge is 0.495 e. The molecule has 0 spiro atoms. The average molecular weight is 274 g/mol. The summed E-state index contributed by atoms with van der Waals surface area (Å²) in [5, 5.41) is 6.47. The van der Waals surface area contributed by atoms with Crippen LogP contribution in [0.1, 0.15) is 5.56 Å². The summed E-state index contributed by atoms with van der Waals surface area (Å²) in [5.41, 5.74) is 1.93. The third kappa shape index (κ3) is 3.62. The van der Waals surface area contributed by atoms with E-state index in [9.17, 15) is 0 Å². The molecule has 6 heteroatoms. The van der Waals surface area contributed by atoms with Crippen molar-refractivity contribution in [3.8, 4) is 5.75 Å². The van der Waals surface area contributed by atoms with Gasteiger partial charge in [-0.15, -0.1) is 0 Å². The molecule has 0 saturated heterocycles. The van der Waals surface area contributed by atoms with E-state index in [2.05, 4.69) is 20.6 Å². The summed E-state index contributed by atoms with van der Waals surface area (Å²) in [6.07, 6.45) is 4.80. The minimum absolute atomic E-state index is 0.435. The van der Waals surface area contributed by atoms with Gasteiger partial charge in [0, 0.05) is 12.4 Å². The molecule has 0 radical (unpaired) electrons. The van der Waals surface area contributed by atoms with Crippen molar-refractivity contribution in [2.75, 3.05) is 17.7 Å². The average Bonchev–Trinajstić information content (AvgIpc) is 2.40. The van der Waals surface area contributed by atoms with Gasteiger partial charge in [0.15, 0.2) is 10.9 Å². The number of aromatic nitrogens is 2. The number of rotatable bonds is 3. The highest BCUT2D eigenvalue weighted by Gasteiger charge is 2.05. The first-order chi connectivity index (χ1) is 9.19. The standard InChI is InChI=1S/C13H14N4OS/c1-9-3-4-11(18-2)10(7-9)16-13(19)17-12-8-14-5-6-15-12/h3-8H,1-2H3,(H2,15,16,17,19). The van der Waals surface area contributed by atoms with Gasteiger partial charge in [0.25, 0.3) is 0 Å². The first-order valence-electron chi connectivity index (χ1n) is 5.67. The number of aryl methyl sites for hydroxylation is 1. The second kappa shape index (κ2) is 6.10. The molecule has 1 heterocycles. The van der Waals surface area contributed by atoms with Crippen LogP contribution in [-0.4, -0.2) is 22.2 Å². The van der Waals surface area contributed by atoms with E-state index in [4.69, 9.17) is 17.0 Å². The van der Waals surface area contributed by atoms with Crippen molar-refractivity contribution in [3.05, 3.63) is 42.4 Å². The Kier molecular flexibility index (Phi) is 4.25. The molecule has 2 aromatic rings. The maximum atomic E-state index is 5.27. The predicted molar refractivity (Wildman–Crippen MR) is 79.6 cm³/mol. The Morgan fingerprint density at radius 1 is 1.26 bits per heavy atom. The van der Waals surface area contributed by atoms with Crippen molar-refractivity contribution in [1.82, 2.24) is 9.97 Å². The number of anilines is 2. The van der Waals surface area contributed by atoms with Crippen LogP contribution in [0.15, 0.2) is 36.8 Å². The Morgan fingerprint density at radius 3 is 2.79 bits per heavy atom. The number of nitrogens with one attached hydrogen (secondary N) is 2. The van der Waals surface area contributed by atoms with E-state index in [1.807, 2.05) is 25.1 Å². The third-order valence-corrected chi connectivity index (χ3v) is 2.61. The highest BCUT2D eigenvalue weighted by Crippen LogP contribution is 2.25. The number of methoxy groups -OCH3 is 1. The van der Waals surface area contributed by atoms with E-state index in [0.29, 0.717) is 10.9 Å². The van der Waals surface area contributed by atoms with Crippen LogP contribution in [0.3, 0.4) is 0 Å². The molecule has 5 nitrogen and oxygen atoms in total. The normalized spacial score (nSPS) is 9.79. The molecular weight excluding hydrogens is 260 g/mol. The van der Waals surface area contributed by atoms with Crippen molar-refractivity contribution >= 4 is 28.8 Å². The lowest BCUT2D eigenvalue weighted by Gasteiger charge is -2.13. The summed E-state index contributed by atoms with van der Waals surface area (Å²) in [5.74, 6) is 1.32. The number of hydrogen-bond donors (Lipinski definition) is 2. The third-order valence-electron chi connectivity index (χ3n) is 2.41. The maximum Gasteiger partial charge on any atom is 0.176 e. The lowest BCUT2D eigenvalue weighted by atomic mass is 10.2. The summed E-state index contributed by atoms with van der Waals surface area (Å²) >= 11 is 5.22. The Hall–Kier alpha value is -2.21. The molecule has 0 aliphatic rings. The van der Waals surface area contributed by atoms with E-state index in [0.717, 1.165) is 17.0 Å². The van der Waals surface area contributed by atoms with Crippen LogP contribution in [0.4, 0.5) is 11.5 Å². The summed E-state index contributed by atoms with van der Waals surface area (Å²) in [7, 11) is 1.62. The number of nitrogens with zero attached hydrogens (tertiary/aromatic N) is 2. The Bertz CT molecular complexity index is 574. The second-order valence-corrected chi connectivity index (χ2v) is 4.28. The maximum absolute atomic E-state index is 5.27. The van der Waals surface area contributed by atoms with Crippen molar-refractivity contribution in [2.45, 2.75) is 6.92 Å². The van der Waals surface area contributed by atoms with Crippen molar-refractivity contribution in [3.63, 3.8) is 0 Å². The van der Waals surface area contributed by atoms with Crippen LogP contribution in [0, 0.1) is 6.92 Å². The van der Waals surface area contributed by atoms with Crippen LogP contribution in [0.25, 0.3) is 0 Å². The predicted octanol–water partition coefficient (Wildman–Crippen LogP) is 2.60. The molecule has 1 aromatic carbocycles. The molecule has 2 N–H and O–H groups in total. The van der Waals surface area contributed by atoms with Crippen molar-refractivity contribution < 1.29 is 4.74 Å². The Balaban J connectivity index is 2.09. The SMILES string of the molecule is COc1ccc(C)cc1NC(=S)Nc1cnccn1. The Labute approximate surface area is 117 Å². The zero-order valence-electron chi connectivity index (χ0n) is 10.7. The van der Waals surface area contributed by atoms with Crippen LogP contribution in [0.2, 0.25) is 0 Å². The van der Waals surface area contributed by atoms with E-state index < -0.39 is 0 Å². The van der Waals surface area contributed by atoms with Gasteiger partial charge in [0.05, 0.1) is 19.0 Å². The molecular formula is C13H14N4OS. The number of thiocarbonyl (C=S) groups is 1. The van der Waals surface area contributed by atoms with Gasteiger partial charge in [-0.25, -0.2) is 4.98 Å². The van der Waals surface area contributed by atoms with Crippen LogP contribution >= 0.6 is 12.2 Å². The quantitative estimate of drug-likeness (QED) is 0.839. The Morgan fingerprint density at radius 2 is 2.11 bits per heavy atom. The van der Waals surface area contributed by atoms with Gasteiger partial charge in [0.2, 0.25) is 0 Å². The van der Waals surface area contributed by atoms with Gasteiger partial charge in [-0.1, -0.05) is 6.07 Å². The zero-order valence-corrected chi connectivity index (χ0v) is 11.5. The molecule has 0 amide bonds. The molecule has 19 heavy (non-hydrogen) atoms. The molecule has 98 valence electrons. The lowest BCUT2D eigenvalue weighted by molar-refractivity contribution is 0.417. The van der Waals surface area contributed by atoms with E-state index in [1.54, 1.807) is 25.7 Å².